The number of aromatic hydroxyl groups is 1. The molecule has 1 aliphatic heterocycles. The fraction of sp³-hybridized carbons (Fsp3) is 0.167. The van der Waals surface area contributed by atoms with E-state index >= 15 is 0 Å². The van der Waals surface area contributed by atoms with Crippen LogP contribution in [-0.4, -0.2) is 47.1 Å². The second-order valence-corrected chi connectivity index (χ2v) is 8.37. The van der Waals surface area contributed by atoms with Crippen LogP contribution >= 0.6 is 11.3 Å². The van der Waals surface area contributed by atoms with Gasteiger partial charge in [0.15, 0.2) is 5.13 Å². The van der Waals surface area contributed by atoms with E-state index in [0.717, 1.165) is 16.2 Å². The number of amides is 1. The third kappa shape index (κ3) is 3.88. The van der Waals surface area contributed by atoms with Crippen LogP contribution < -0.4 is 9.64 Å². The Labute approximate surface area is 198 Å². The quantitative estimate of drug-likeness (QED) is 0.246. The number of phenols is 1. The standard InChI is InChI=1S/C24H20N2O7S/c1-12-21(23(31)33-3)34-24(25-12)26-18(13-7-9-15(27)10-8-13)17(20(29)22(26)30)19(28)14-5-4-6-16(11-14)32-2/h4-11,18,27-28H,1-3H3/t18-/m1/s1. The highest BCUT2D eigenvalue weighted by Crippen LogP contribution is 2.44. The van der Waals surface area contributed by atoms with Gasteiger partial charge in [-0.25, -0.2) is 9.78 Å². The number of carbonyl (C=O) groups excluding carboxylic acids is 3. The van der Waals surface area contributed by atoms with Crippen LogP contribution in [0.4, 0.5) is 5.13 Å². The number of thiazole rings is 1. The smallest absolute Gasteiger partial charge is 0.350 e. The van der Waals surface area contributed by atoms with E-state index in [4.69, 9.17) is 9.47 Å². The largest absolute Gasteiger partial charge is 0.508 e. The number of aromatic nitrogens is 1. The van der Waals surface area contributed by atoms with Crippen molar-refractivity contribution in [3.63, 3.8) is 0 Å². The summed E-state index contributed by atoms with van der Waals surface area (Å²) in [4.78, 5) is 44.1. The highest BCUT2D eigenvalue weighted by atomic mass is 32.1. The van der Waals surface area contributed by atoms with Gasteiger partial charge in [-0.15, -0.1) is 0 Å². The van der Waals surface area contributed by atoms with Crippen LogP contribution in [-0.2, 0) is 14.3 Å². The van der Waals surface area contributed by atoms with E-state index in [1.807, 2.05) is 0 Å². The van der Waals surface area contributed by atoms with Gasteiger partial charge in [0.25, 0.3) is 5.78 Å². The Morgan fingerprint density at radius 3 is 2.47 bits per heavy atom. The Morgan fingerprint density at radius 2 is 1.82 bits per heavy atom. The molecule has 174 valence electrons. The second kappa shape index (κ2) is 8.99. The monoisotopic (exact) mass is 480 g/mol. The van der Waals surface area contributed by atoms with Crippen molar-refractivity contribution in [2.24, 2.45) is 0 Å². The fourth-order valence-corrected chi connectivity index (χ4v) is 4.71. The number of aryl methyl sites for hydroxylation is 1. The van der Waals surface area contributed by atoms with Crippen LogP contribution in [0, 0.1) is 6.92 Å². The molecule has 3 aromatic rings. The number of aliphatic hydroxyl groups excluding tert-OH is 1. The van der Waals surface area contributed by atoms with Crippen molar-refractivity contribution >= 4 is 39.9 Å². The van der Waals surface area contributed by atoms with Crippen LogP contribution in [0.25, 0.3) is 5.76 Å². The summed E-state index contributed by atoms with van der Waals surface area (Å²) in [7, 11) is 2.70. The Morgan fingerprint density at radius 1 is 1.12 bits per heavy atom. The minimum absolute atomic E-state index is 0.00781. The summed E-state index contributed by atoms with van der Waals surface area (Å²) in [5.74, 6) is -2.38. The predicted octanol–water partition coefficient (Wildman–Crippen LogP) is 3.58. The minimum Gasteiger partial charge on any atom is -0.508 e. The molecule has 0 aliphatic carbocycles. The number of methoxy groups -OCH3 is 2. The van der Waals surface area contributed by atoms with Crippen molar-refractivity contribution in [3.8, 4) is 11.5 Å². The van der Waals surface area contributed by atoms with E-state index < -0.39 is 23.7 Å². The molecule has 1 fully saturated rings. The van der Waals surface area contributed by atoms with Gasteiger partial charge in [-0.3, -0.25) is 14.5 Å². The maximum Gasteiger partial charge on any atom is 0.350 e. The van der Waals surface area contributed by atoms with Gasteiger partial charge in [0, 0.05) is 5.56 Å². The molecule has 0 saturated carbocycles. The lowest BCUT2D eigenvalue weighted by atomic mass is 9.95. The molecule has 4 rings (SSSR count). The fourth-order valence-electron chi connectivity index (χ4n) is 3.70. The number of benzene rings is 2. The first kappa shape index (κ1) is 23.0. The summed E-state index contributed by atoms with van der Waals surface area (Å²) in [6.07, 6.45) is 0. The molecule has 1 amide bonds. The number of esters is 1. The number of aliphatic hydroxyl groups is 1. The van der Waals surface area contributed by atoms with Gasteiger partial charge in [0.1, 0.15) is 22.1 Å². The first-order valence-corrected chi connectivity index (χ1v) is 10.9. The number of ketones is 1. The van der Waals surface area contributed by atoms with Crippen molar-refractivity contribution in [1.82, 2.24) is 4.98 Å². The summed E-state index contributed by atoms with van der Waals surface area (Å²) in [6.45, 7) is 1.59. The first-order chi connectivity index (χ1) is 16.3. The van der Waals surface area contributed by atoms with Gasteiger partial charge >= 0.3 is 11.9 Å². The number of phenolic OH excluding ortho intramolecular Hbond substituents is 1. The van der Waals surface area contributed by atoms with Crippen molar-refractivity contribution in [2.75, 3.05) is 19.1 Å². The van der Waals surface area contributed by atoms with E-state index in [9.17, 15) is 24.6 Å². The number of nitrogens with zero attached hydrogens (tertiary/aromatic N) is 2. The normalized spacial score (nSPS) is 17.1. The SMILES string of the molecule is COC(=O)c1sc(N2C(=O)C(=O)C(=C(O)c3cccc(OC)c3)[C@H]2c2ccc(O)cc2)nc1C. The maximum absolute atomic E-state index is 13.2. The first-order valence-electron chi connectivity index (χ1n) is 10.1. The van der Waals surface area contributed by atoms with E-state index in [1.54, 1.807) is 43.3 Å². The van der Waals surface area contributed by atoms with E-state index in [1.165, 1.54) is 26.4 Å². The molecule has 9 nitrogen and oxygen atoms in total. The number of Topliss-reactive ketones (excluding diaryl/α,β-unsaturated/α-hetero) is 1. The van der Waals surface area contributed by atoms with Crippen molar-refractivity contribution in [2.45, 2.75) is 13.0 Å². The summed E-state index contributed by atoms with van der Waals surface area (Å²) >= 11 is 0.906. The summed E-state index contributed by atoms with van der Waals surface area (Å²) in [5.41, 5.74) is 0.919. The number of rotatable bonds is 5. The van der Waals surface area contributed by atoms with Gasteiger partial charge < -0.3 is 19.7 Å². The second-order valence-electron chi connectivity index (χ2n) is 7.40. The average Bonchev–Trinajstić information content (AvgIpc) is 3.35. The molecule has 2 N–H and O–H groups in total. The molecule has 1 aromatic heterocycles. The third-order valence-corrected chi connectivity index (χ3v) is 6.50. The zero-order valence-electron chi connectivity index (χ0n) is 18.4. The number of carbonyl (C=O) groups is 3. The Balaban J connectivity index is 1.93. The molecule has 1 atom stereocenters. The van der Waals surface area contributed by atoms with E-state index in [-0.39, 0.29) is 32.7 Å². The zero-order chi connectivity index (χ0) is 24.6. The van der Waals surface area contributed by atoms with Crippen molar-refractivity contribution in [1.29, 1.82) is 0 Å². The maximum atomic E-state index is 13.2. The highest BCUT2D eigenvalue weighted by Gasteiger charge is 2.48. The molecule has 0 unspecified atom stereocenters. The average molecular weight is 480 g/mol. The van der Waals surface area contributed by atoms with Crippen LogP contribution in [0.15, 0.2) is 54.1 Å². The van der Waals surface area contributed by atoms with E-state index in [2.05, 4.69) is 4.98 Å². The van der Waals surface area contributed by atoms with Crippen LogP contribution in [0.1, 0.15) is 32.5 Å². The van der Waals surface area contributed by atoms with Gasteiger partial charge in [-0.05, 0) is 36.8 Å². The lowest BCUT2D eigenvalue weighted by molar-refractivity contribution is -0.132. The summed E-state index contributed by atoms with van der Waals surface area (Å²) in [6, 6.07) is 11.3. The molecule has 10 heteroatoms. The molecule has 0 radical (unpaired) electrons. The third-order valence-electron chi connectivity index (χ3n) is 5.36. The van der Waals surface area contributed by atoms with Gasteiger partial charge in [0.2, 0.25) is 0 Å². The molecule has 0 bridgehead atoms. The van der Waals surface area contributed by atoms with E-state index in [0.29, 0.717) is 17.0 Å². The zero-order valence-corrected chi connectivity index (χ0v) is 19.3. The van der Waals surface area contributed by atoms with Crippen LogP contribution in [0.5, 0.6) is 11.5 Å². The molecule has 2 aromatic carbocycles. The molecule has 34 heavy (non-hydrogen) atoms. The number of anilines is 1. The van der Waals surface area contributed by atoms with Gasteiger partial charge in [0.05, 0.1) is 31.5 Å². The molecular formula is C24H20N2O7S. The number of ether oxygens (including phenoxy) is 2. The number of hydrogen-bond acceptors (Lipinski definition) is 9. The highest BCUT2D eigenvalue weighted by molar-refractivity contribution is 7.17. The Kier molecular flexibility index (Phi) is 6.08. The van der Waals surface area contributed by atoms with Crippen LogP contribution in [0.2, 0.25) is 0 Å². The Hall–Kier alpha value is -4.18. The molecule has 0 spiro atoms. The minimum atomic E-state index is -1.05. The molecule has 1 saturated heterocycles. The Bertz CT molecular complexity index is 1330. The predicted molar refractivity (Wildman–Crippen MR) is 124 cm³/mol. The molecular weight excluding hydrogens is 460 g/mol. The van der Waals surface area contributed by atoms with Gasteiger partial charge in [-0.2, -0.15) is 0 Å². The van der Waals surface area contributed by atoms with Crippen molar-refractivity contribution in [3.05, 3.63) is 75.8 Å². The molecule has 2 heterocycles. The number of hydrogen-bond donors (Lipinski definition) is 2. The van der Waals surface area contributed by atoms with Crippen molar-refractivity contribution < 1.29 is 34.1 Å². The molecule has 1 aliphatic rings. The lowest BCUT2D eigenvalue weighted by Gasteiger charge is -2.23. The van der Waals surface area contributed by atoms with Gasteiger partial charge in [-0.1, -0.05) is 35.6 Å². The van der Waals surface area contributed by atoms with Crippen LogP contribution in [0.3, 0.4) is 0 Å². The summed E-state index contributed by atoms with van der Waals surface area (Å²) < 4.78 is 9.98. The topological polar surface area (TPSA) is 126 Å². The summed E-state index contributed by atoms with van der Waals surface area (Å²) in [5, 5.41) is 21.0. The lowest BCUT2D eigenvalue weighted by Crippen LogP contribution is -2.29.